The molecule has 1 heterocycles. The maximum absolute atomic E-state index is 12.2. The minimum absolute atomic E-state index is 0.0272. The van der Waals surface area contributed by atoms with Crippen LogP contribution in [0.2, 0.25) is 0 Å². The SMILES string of the molecule is CCN(C)C(=O)C1(C#N)CCN(C(C)C)C1. The van der Waals surface area contributed by atoms with E-state index in [9.17, 15) is 10.1 Å². The van der Waals surface area contributed by atoms with Crippen molar-refractivity contribution in [1.29, 1.82) is 5.26 Å². The van der Waals surface area contributed by atoms with Crippen molar-refractivity contribution in [1.82, 2.24) is 9.80 Å². The van der Waals surface area contributed by atoms with E-state index in [0.29, 0.717) is 25.6 Å². The Hall–Kier alpha value is -1.08. The number of amides is 1. The first-order valence-corrected chi connectivity index (χ1v) is 5.87. The van der Waals surface area contributed by atoms with Crippen LogP contribution in [0.5, 0.6) is 0 Å². The van der Waals surface area contributed by atoms with Crippen LogP contribution in [0.1, 0.15) is 27.2 Å². The Morgan fingerprint density at radius 3 is 2.62 bits per heavy atom. The highest BCUT2D eigenvalue weighted by atomic mass is 16.2. The van der Waals surface area contributed by atoms with Crippen LogP contribution in [-0.4, -0.2) is 48.4 Å². The molecule has 0 aromatic rings. The molecule has 0 radical (unpaired) electrons. The number of hydrogen-bond donors (Lipinski definition) is 0. The van der Waals surface area contributed by atoms with Crippen LogP contribution in [0.15, 0.2) is 0 Å². The summed E-state index contributed by atoms with van der Waals surface area (Å²) in [6, 6.07) is 2.64. The maximum Gasteiger partial charge on any atom is 0.244 e. The number of nitrogens with zero attached hydrogens (tertiary/aromatic N) is 3. The smallest absolute Gasteiger partial charge is 0.244 e. The van der Waals surface area contributed by atoms with E-state index >= 15 is 0 Å². The van der Waals surface area contributed by atoms with Crippen molar-refractivity contribution in [2.45, 2.75) is 33.2 Å². The van der Waals surface area contributed by atoms with Crippen LogP contribution in [-0.2, 0) is 4.79 Å². The zero-order valence-corrected chi connectivity index (χ0v) is 10.7. The molecular weight excluding hydrogens is 202 g/mol. The summed E-state index contributed by atoms with van der Waals surface area (Å²) in [5, 5.41) is 9.31. The Morgan fingerprint density at radius 1 is 1.62 bits per heavy atom. The lowest BCUT2D eigenvalue weighted by molar-refractivity contribution is -0.137. The minimum Gasteiger partial charge on any atom is -0.345 e. The predicted molar refractivity (Wildman–Crippen MR) is 62.7 cm³/mol. The van der Waals surface area contributed by atoms with Crippen LogP contribution < -0.4 is 0 Å². The van der Waals surface area contributed by atoms with Gasteiger partial charge >= 0.3 is 0 Å². The zero-order valence-electron chi connectivity index (χ0n) is 10.7. The maximum atomic E-state index is 12.2. The fourth-order valence-corrected chi connectivity index (χ4v) is 2.10. The number of hydrogen-bond acceptors (Lipinski definition) is 3. The summed E-state index contributed by atoms with van der Waals surface area (Å²) >= 11 is 0. The van der Waals surface area contributed by atoms with Gasteiger partial charge < -0.3 is 4.90 Å². The Bertz CT molecular complexity index is 308. The average Bonchev–Trinajstić information content (AvgIpc) is 2.72. The summed E-state index contributed by atoms with van der Waals surface area (Å²) < 4.78 is 0. The lowest BCUT2D eigenvalue weighted by atomic mass is 9.87. The fraction of sp³-hybridized carbons (Fsp3) is 0.833. The van der Waals surface area contributed by atoms with Gasteiger partial charge in [-0.1, -0.05) is 0 Å². The summed E-state index contributed by atoms with van der Waals surface area (Å²) in [4.78, 5) is 16.0. The van der Waals surface area contributed by atoms with Crippen LogP contribution in [0.3, 0.4) is 0 Å². The second kappa shape index (κ2) is 4.84. The Kier molecular flexibility index (Phi) is 3.93. The molecule has 4 heteroatoms. The number of carbonyl (C=O) groups excluding carboxylic acids is 1. The van der Waals surface area contributed by atoms with Crippen molar-refractivity contribution < 1.29 is 4.79 Å². The van der Waals surface area contributed by atoms with E-state index in [2.05, 4.69) is 24.8 Å². The van der Waals surface area contributed by atoms with Crippen LogP contribution in [0.25, 0.3) is 0 Å². The van der Waals surface area contributed by atoms with Gasteiger partial charge in [0, 0.05) is 32.7 Å². The summed E-state index contributed by atoms with van der Waals surface area (Å²) in [6.07, 6.45) is 0.658. The molecule has 0 bridgehead atoms. The molecule has 16 heavy (non-hydrogen) atoms. The van der Waals surface area contributed by atoms with E-state index in [4.69, 9.17) is 0 Å². The molecule has 1 rings (SSSR count). The highest BCUT2D eigenvalue weighted by Crippen LogP contribution is 2.32. The first-order valence-electron chi connectivity index (χ1n) is 5.87. The Morgan fingerprint density at radius 2 is 2.25 bits per heavy atom. The number of carbonyl (C=O) groups is 1. The predicted octanol–water partition coefficient (Wildman–Crippen LogP) is 1.09. The Labute approximate surface area is 97.8 Å². The summed E-state index contributed by atoms with van der Waals surface area (Å²) in [5.74, 6) is -0.0272. The van der Waals surface area contributed by atoms with Gasteiger partial charge in [-0.05, 0) is 27.2 Å². The first-order chi connectivity index (χ1) is 7.46. The quantitative estimate of drug-likeness (QED) is 0.719. The Balaban J connectivity index is 2.83. The highest BCUT2D eigenvalue weighted by molar-refractivity contribution is 5.86. The van der Waals surface area contributed by atoms with Crippen LogP contribution in [0.4, 0.5) is 0 Å². The minimum atomic E-state index is -0.810. The van der Waals surface area contributed by atoms with Crippen molar-refractivity contribution in [3.05, 3.63) is 0 Å². The van der Waals surface area contributed by atoms with Crippen molar-refractivity contribution in [3.63, 3.8) is 0 Å². The monoisotopic (exact) mass is 223 g/mol. The normalized spacial score (nSPS) is 25.8. The van der Waals surface area contributed by atoms with Gasteiger partial charge in [0.15, 0.2) is 0 Å². The first kappa shape index (κ1) is 13.0. The zero-order chi connectivity index (χ0) is 12.3. The molecule has 0 aliphatic carbocycles. The average molecular weight is 223 g/mol. The third kappa shape index (κ3) is 2.19. The van der Waals surface area contributed by atoms with Gasteiger partial charge in [-0.2, -0.15) is 5.26 Å². The van der Waals surface area contributed by atoms with Gasteiger partial charge in [0.25, 0.3) is 0 Å². The molecule has 0 N–H and O–H groups in total. The molecule has 0 spiro atoms. The van der Waals surface area contributed by atoms with Gasteiger partial charge in [-0.25, -0.2) is 0 Å². The molecule has 1 fully saturated rings. The summed E-state index contributed by atoms with van der Waals surface area (Å²) in [7, 11) is 1.76. The van der Waals surface area contributed by atoms with Crippen molar-refractivity contribution >= 4 is 5.91 Å². The van der Waals surface area contributed by atoms with E-state index in [0.717, 1.165) is 6.54 Å². The van der Waals surface area contributed by atoms with Crippen molar-refractivity contribution in [2.24, 2.45) is 5.41 Å². The molecule has 1 unspecified atom stereocenters. The third-order valence-corrected chi connectivity index (χ3v) is 3.47. The molecule has 1 saturated heterocycles. The molecule has 1 amide bonds. The van der Waals surface area contributed by atoms with Gasteiger partial charge in [-0.3, -0.25) is 9.69 Å². The van der Waals surface area contributed by atoms with Crippen LogP contribution >= 0.6 is 0 Å². The molecule has 0 saturated carbocycles. The van der Waals surface area contributed by atoms with Gasteiger partial charge in [0.1, 0.15) is 5.41 Å². The third-order valence-electron chi connectivity index (χ3n) is 3.47. The van der Waals surface area contributed by atoms with E-state index in [1.165, 1.54) is 0 Å². The van der Waals surface area contributed by atoms with Crippen molar-refractivity contribution in [2.75, 3.05) is 26.7 Å². The van der Waals surface area contributed by atoms with Gasteiger partial charge in [0.05, 0.1) is 6.07 Å². The number of likely N-dealkylation sites (tertiary alicyclic amines) is 1. The molecule has 0 aromatic heterocycles. The van der Waals surface area contributed by atoms with E-state index in [1.54, 1.807) is 11.9 Å². The van der Waals surface area contributed by atoms with E-state index < -0.39 is 5.41 Å². The van der Waals surface area contributed by atoms with Crippen molar-refractivity contribution in [3.8, 4) is 6.07 Å². The molecule has 1 atom stereocenters. The fourth-order valence-electron chi connectivity index (χ4n) is 2.10. The summed E-state index contributed by atoms with van der Waals surface area (Å²) in [6.45, 7) is 8.20. The topological polar surface area (TPSA) is 47.3 Å². The number of rotatable bonds is 3. The molecule has 90 valence electrons. The van der Waals surface area contributed by atoms with E-state index in [1.807, 2.05) is 6.92 Å². The molecule has 1 aliphatic heterocycles. The summed E-state index contributed by atoms with van der Waals surface area (Å²) in [5.41, 5.74) is -0.810. The lowest BCUT2D eigenvalue weighted by Gasteiger charge is -2.27. The molecule has 0 aromatic carbocycles. The van der Waals surface area contributed by atoms with Gasteiger partial charge in [0.2, 0.25) is 5.91 Å². The van der Waals surface area contributed by atoms with Crippen LogP contribution in [0, 0.1) is 16.7 Å². The largest absolute Gasteiger partial charge is 0.345 e. The number of nitriles is 1. The lowest BCUT2D eigenvalue weighted by Crippen LogP contribution is -2.43. The second-order valence-corrected chi connectivity index (χ2v) is 4.83. The molecular formula is C12H21N3O. The second-order valence-electron chi connectivity index (χ2n) is 4.83. The molecule has 1 aliphatic rings. The van der Waals surface area contributed by atoms with E-state index in [-0.39, 0.29) is 5.91 Å². The van der Waals surface area contributed by atoms with Gasteiger partial charge in [-0.15, -0.1) is 0 Å². The standard InChI is InChI=1S/C12H21N3O/c1-5-14(4)11(16)12(8-13)6-7-15(9-12)10(2)3/h10H,5-7,9H2,1-4H3. The highest BCUT2D eigenvalue weighted by Gasteiger charge is 2.46. The molecule has 4 nitrogen and oxygen atoms in total.